The summed E-state index contributed by atoms with van der Waals surface area (Å²) in [5.74, 6) is 0.592. The van der Waals surface area contributed by atoms with E-state index in [2.05, 4.69) is 25.9 Å². The highest BCUT2D eigenvalue weighted by molar-refractivity contribution is 7.20. The van der Waals surface area contributed by atoms with Crippen LogP contribution in [0.4, 0.5) is 21.9 Å². The fourth-order valence-corrected chi connectivity index (χ4v) is 4.47. The van der Waals surface area contributed by atoms with Crippen molar-refractivity contribution < 1.29 is 19.1 Å². The first-order valence-corrected chi connectivity index (χ1v) is 11.2. The average molecular weight is 478 g/mol. The summed E-state index contributed by atoms with van der Waals surface area (Å²) in [6.45, 7) is 2.07. The van der Waals surface area contributed by atoms with Crippen LogP contribution in [-0.4, -0.2) is 36.1 Å². The molecule has 34 heavy (non-hydrogen) atoms. The van der Waals surface area contributed by atoms with E-state index in [1.54, 1.807) is 43.5 Å². The Hall–Kier alpha value is -4.02. The summed E-state index contributed by atoms with van der Waals surface area (Å²) >= 11 is 1.26. The van der Waals surface area contributed by atoms with Crippen LogP contribution in [-0.2, 0) is 11.3 Å². The van der Waals surface area contributed by atoms with E-state index in [1.165, 1.54) is 18.4 Å². The molecule has 10 heteroatoms. The Morgan fingerprint density at radius 2 is 1.59 bits per heavy atom. The molecule has 0 saturated carbocycles. The predicted molar refractivity (Wildman–Crippen MR) is 133 cm³/mol. The number of nitrogens with one attached hydrogen (secondary N) is 3. The van der Waals surface area contributed by atoms with Crippen molar-refractivity contribution in [1.29, 1.82) is 0 Å². The van der Waals surface area contributed by atoms with Crippen molar-refractivity contribution in [2.75, 3.05) is 30.2 Å². The summed E-state index contributed by atoms with van der Waals surface area (Å²) in [7, 11) is 3.09. The van der Waals surface area contributed by atoms with Crippen molar-refractivity contribution in [3.8, 4) is 5.88 Å². The molecular formula is C24H23N5O4S. The molecule has 2 heterocycles. The third-order valence-corrected chi connectivity index (χ3v) is 6.07. The summed E-state index contributed by atoms with van der Waals surface area (Å²) in [5.41, 5.74) is 2.49. The molecule has 0 unspecified atom stereocenters. The minimum atomic E-state index is -0.382. The summed E-state index contributed by atoms with van der Waals surface area (Å²) in [4.78, 5) is 35.4. The molecular weight excluding hydrogens is 454 g/mol. The molecule has 2 aromatic carbocycles. The van der Waals surface area contributed by atoms with Crippen LogP contribution < -0.4 is 20.7 Å². The standard InChI is InChI=1S/C24H23N5O4S/c1-14-19-22(33-3)28-18(13-32-2)29-23(19)34-20(14)21(30)25-16-10-7-11-17(12-16)27-24(31)26-15-8-5-4-6-9-15/h4-12H,13H2,1-3H3,(H,25,30)(H2,26,27,31). The number of fused-ring (bicyclic) bond motifs is 1. The number of methoxy groups -OCH3 is 2. The smallest absolute Gasteiger partial charge is 0.323 e. The number of rotatable bonds is 7. The van der Waals surface area contributed by atoms with Gasteiger partial charge in [0.25, 0.3) is 5.91 Å². The van der Waals surface area contributed by atoms with Crippen LogP contribution in [0.15, 0.2) is 54.6 Å². The number of aromatic nitrogens is 2. The Labute approximate surface area is 200 Å². The van der Waals surface area contributed by atoms with Crippen LogP contribution in [0.25, 0.3) is 10.2 Å². The lowest BCUT2D eigenvalue weighted by molar-refractivity contribution is 0.103. The van der Waals surface area contributed by atoms with Crippen LogP contribution >= 0.6 is 11.3 Å². The number of carbonyl (C=O) groups is 2. The molecule has 174 valence electrons. The summed E-state index contributed by atoms with van der Waals surface area (Å²) in [6, 6.07) is 15.7. The number of anilines is 3. The van der Waals surface area contributed by atoms with Gasteiger partial charge in [0.05, 0.1) is 17.4 Å². The Morgan fingerprint density at radius 1 is 0.912 bits per heavy atom. The minimum absolute atomic E-state index is 0.239. The first-order valence-electron chi connectivity index (χ1n) is 10.4. The van der Waals surface area contributed by atoms with Gasteiger partial charge in [0, 0.05) is 24.2 Å². The summed E-state index contributed by atoms with van der Waals surface area (Å²) in [6.07, 6.45) is 0. The summed E-state index contributed by atoms with van der Waals surface area (Å²) in [5, 5.41) is 9.10. The van der Waals surface area contributed by atoms with Crippen molar-refractivity contribution >= 4 is 50.6 Å². The van der Waals surface area contributed by atoms with Crippen LogP contribution in [0.2, 0.25) is 0 Å². The monoisotopic (exact) mass is 477 g/mol. The largest absolute Gasteiger partial charge is 0.480 e. The number of thiophene rings is 1. The molecule has 0 fully saturated rings. The van der Waals surface area contributed by atoms with E-state index in [1.807, 2.05) is 25.1 Å². The number of carbonyl (C=O) groups excluding carboxylic acids is 2. The Bertz CT molecular complexity index is 1340. The highest BCUT2D eigenvalue weighted by atomic mass is 32.1. The minimum Gasteiger partial charge on any atom is -0.480 e. The number of benzene rings is 2. The van der Waals surface area contributed by atoms with Gasteiger partial charge in [-0.05, 0) is 42.8 Å². The molecule has 0 radical (unpaired) electrons. The van der Waals surface area contributed by atoms with E-state index in [-0.39, 0.29) is 18.5 Å². The van der Waals surface area contributed by atoms with Gasteiger partial charge in [0.15, 0.2) is 5.82 Å². The highest BCUT2D eigenvalue weighted by Gasteiger charge is 2.21. The molecule has 3 amide bonds. The van der Waals surface area contributed by atoms with Crippen molar-refractivity contribution in [2.24, 2.45) is 0 Å². The Kier molecular flexibility index (Phi) is 7.00. The fourth-order valence-electron chi connectivity index (χ4n) is 3.38. The molecule has 0 atom stereocenters. The van der Waals surface area contributed by atoms with Crippen LogP contribution in [0.5, 0.6) is 5.88 Å². The van der Waals surface area contributed by atoms with Crippen molar-refractivity contribution in [2.45, 2.75) is 13.5 Å². The van der Waals surface area contributed by atoms with Gasteiger partial charge in [0.1, 0.15) is 11.4 Å². The molecule has 9 nitrogen and oxygen atoms in total. The molecule has 2 aromatic heterocycles. The number of amides is 3. The second-order valence-corrected chi connectivity index (χ2v) is 8.30. The lowest BCUT2D eigenvalue weighted by atomic mass is 10.2. The highest BCUT2D eigenvalue weighted by Crippen LogP contribution is 2.35. The van der Waals surface area contributed by atoms with Gasteiger partial charge in [-0.2, -0.15) is 4.98 Å². The molecule has 0 spiro atoms. The molecule has 4 rings (SSSR count). The SMILES string of the molecule is COCc1nc(OC)c2c(C)c(C(=O)Nc3cccc(NC(=O)Nc4ccccc4)c3)sc2n1. The van der Waals surface area contributed by atoms with Gasteiger partial charge in [-0.1, -0.05) is 24.3 Å². The lowest BCUT2D eigenvalue weighted by Crippen LogP contribution is -2.19. The van der Waals surface area contributed by atoms with Gasteiger partial charge in [-0.25, -0.2) is 9.78 Å². The predicted octanol–water partition coefficient (Wildman–Crippen LogP) is 5.05. The van der Waals surface area contributed by atoms with E-state index in [4.69, 9.17) is 9.47 Å². The average Bonchev–Trinajstić information content (AvgIpc) is 3.16. The van der Waals surface area contributed by atoms with E-state index in [9.17, 15) is 9.59 Å². The quantitative estimate of drug-likeness (QED) is 0.343. The topological polar surface area (TPSA) is 114 Å². The van der Waals surface area contributed by atoms with Gasteiger partial charge >= 0.3 is 6.03 Å². The van der Waals surface area contributed by atoms with E-state index in [0.717, 1.165) is 5.56 Å². The number of hydrogen-bond donors (Lipinski definition) is 3. The third kappa shape index (κ3) is 5.13. The fraction of sp³-hybridized carbons (Fsp3) is 0.167. The number of ether oxygens (including phenoxy) is 2. The van der Waals surface area contributed by atoms with Crippen LogP contribution in [0.1, 0.15) is 21.1 Å². The normalized spacial score (nSPS) is 10.7. The van der Waals surface area contributed by atoms with E-state index >= 15 is 0 Å². The maximum Gasteiger partial charge on any atom is 0.323 e. The van der Waals surface area contributed by atoms with Gasteiger partial charge < -0.3 is 25.4 Å². The third-order valence-electron chi connectivity index (χ3n) is 4.89. The van der Waals surface area contributed by atoms with Crippen molar-refractivity contribution in [1.82, 2.24) is 9.97 Å². The molecule has 3 N–H and O–H groups in total. The second-order valence-electron chi connectivity index (χ2n) is 7.30. The van der Waals surface area contributed by atoms with Gasteiger partial charge in [0.2, 0.25) is 5.88 Å². The zero-order valence-corrected chi connectivity index (χ0v) is 19.7. The molecule has 0 aliphatic heterocycles. The maximum atomic E-state index is 13.1. The molecule has 4 aromatic rings. The molecule has 0 aliphatic rings. The van der Waals surface area contributed by atoms with Crippen LogP contribution in [0, 0.1) is 6.92 Å². The number of nitrogens with zero attached hydrogens (tertiary/aromatic N) is 2. The number of aryl methyl sites for hydroxylation is 1. The lowest BCUT2D eigenvalue weighted by Gasteiger charge is -2.10. The second kappa shape index (κ2) is 10.3. The van der Waals surface area contributed by atoms with E-state index in [0.29, 0.717) is 43.9 Å². The van der Waals surface area contributed by atoms with E-state index < -0.39 is 0 Å². The Balaban J connectivity index is 1.51. The Morgan fingerprint density at radius 3 is 2.29 bits per heavy atom. The number of hydrogen-bond acceptors (Lipinski definition) is 7. The van der Waals surface area contributed by atoms with Gasteiger partial charge in [-0.15, -0.1) is 11.3 Å². The van der Waals surface area contributed by atoms with Crippen LogP contribution in [0.3, 0.4) is 0 Å². The zero-order chi connectivity index (χ0) is 24.1. The molecule has 0 aliphatic carbocycles. The molecule has 0 bridgehead atoms. The first kappa shape index (κ1) is 23.1. The number of para-hydroxylation sites is 1. The van der Waals surface area contributed by atoms with Crippen molar-refractivity contribution in [3.05, 3.63) is 70.9 Å². The maximum absolute atomic E-state index is 13.1. The summed E-state index contributed by atoms with van der Waals surface area (Å²) < 4.78 is 10.5. The first-order chi connectivity index (χ1) is 16.5. The zero-order valence-electron chi connectivity index (χ0n) is 18.8. The number of urea groups is 1. The van der Waals surface area contributed by atoms with Crippen molar-refractivity contribution in [3.63, 3.8) is 0 Å². The van der Waals surface area contributed by atoms with Gasteiger partial charge in [-0.3, -0.25) is 4.79 Å². The molecule has 0 saturated heterocycles.